The van der Waals surface area contributed by atoms with Crippen LogP contribution in [-0.2, 0) is 6.54 Å². The number of nitrogens with zero attached hydrogens (tertiary/aromatic N) is 1. The third-order valence-electron chi connectivity index (χ3n) is 3.66. The summed E-state index contributed by atoms with van der Waals surface area (Å²) in [4.78, 5) is 7.74. The predicted molar refractivity (Wildman–Crippen MR) is 90.0 cm³/mol. The van der Waals surface area contributed by atoms with Crippen molar-refractivity contribution in [3.63, 3.8) is 0 Å². The zero-order chi connectivity index (χ0) is 14.2. The third-order valence-corrected chi connectivity index (χ3v) is 4.60. The summed E-state index contributed by atoms with van der Waals surface area (Å²) in [7, 11) is 0. The second-order valence-electron chi connectivity index (χ2n) is 5.12. The molecule has 0 bridgehead atoms. The molecule has 0 aliphatic heterocycles. The summed E-state index contributed by atoms with van der Waals surface area (Å²) in [6.07, 6.45) is 1.99. The van der Waals surface area contributed by atoms with E-state index in [9.17, 15) is 0 Å². The van der Waals surface area contributed by atoms with E-state index in [0.717, 1.165) is 22.8 Å². The first-order valence-corrected chi connectivity index (χ1v) is 7.77. The van der Waals surface area contributed by atoms with Crippen LogP contribution in [0.1, 0.15) is 10.6 Å². The van der Waals surface area contributed by atoms with E-state index in [0.29, 0.717) is 0 Å². The van der Waals surface area contributed by atoms with E-state index in [1.165, 1.54) is 21.2 Å². The molecule has 2 aromatic heterocycles. The fourth-order valence-electron chi connectivity index (χ4n) is 2.65. The lowest BCUT2D eigenvalue weighted by Gasteiger charge is -2.07. The first-order valence-electron chi connectivity index (χ1n) is 6.96. The maximum atomic E-state index is 4.49. The maximum Gasteiger partial charge on any atom is 0.0907 e. The number of hydrogen-bond acceptors (Lipinski definition) is 3. The Morgan fingerprint density at radius 3 is 3.10 bits per heavy atom. The highest BCUT2D eigenvalue weighted by atomic mass is 32.1. The predicted octanol–water partition coefficient (Wildman–Crippen LogP) is 4.70. The number of benzene rings is 2. The highest BCUT2D eigenvalue weighted by Gasteiger charge is 2.04. The van der Waals surface area contributed by atoms with Crippen molar-refractivity contribution in [2.45, 2.75) is 13.5 Å². The Labute approximate surface area is 126 Å². The lowest BCUT2D eigenvalue weighted by atomic mass is 10.1. The molecule has 0 aliphatic rings. The van der Waals surface area contributed by atoms with Gasteiger partial charge in [0.15, 0.2) is 0 Å². The molecule has 0 amide bonds. The number of hydrogen-bond donors (Lipinski definition) is 2. The molecule has 21 heavy (non-hydrogen) atoms. The van der Waals surface area contributed by atoms with Crippen molar-refractivity contribution >= 4 is 38.1 Å². The van der Waals surface area contributed by atoms with Crippen molar-refractivity contribution in [3.8, 4) is 0 Å². The standard InChI is InChI=1S/C17H15N3S/c1-11-20-16-6-5-13(9-17(16)21-11)19-10-12-3-2-4-15-14(12)7-8-18-15/h2-9,18-19H,10H2,1H3. The lowest BCUT2D eigenvalue weighted by Crippen LogP contribution is -1.99. The molecule has 2 aromatic carbocycles. The van der Waals surface area contributed by atoms with E-state index < -0.39 is 0 Å². The molecule has 4 rings (SSSR count). The van der Waals surface area contributed by atoms with Crippen LogP contribution in [0.4, 0.5) is 5.69 Å². The summed E-state index contributed by atoms with van der Waals surface area (Å²) in [6, 6.07) is 14.8. The number of aromatic nitrogens is 2. The molecule has 4 heteroatoms. The van der Waals surface area contributed by atoms with Crippen LogP contribution < -0.4 is 5.32 Å². The molecular weight excluding hydrogens is 278 g/mol. The first-order chi connectivity index (χ1) is 10.3. The SMILES string of the molecule is Cc1nc2ccc(NCc3cccc4[nH]ccc34)cc2s1. The number of nitrogens with one attached hydrogen (secondary N) is 2. The highest BCUT2D eigenvalue weighted by molar-refractivity contribution is 7.18. The van der Waals surface area contributed by atoms with Crippen LogP contribution in [0.25, 0.3) is 21.1 Å². The highest BCUT2D eigenvalue weighted by Crippen LogP contribution is 2.25. The minimum atomic E-state index is 0.818. The van der Waals surface area contributed by atoms with E-state index in [-0.39, 0.29) is 0 Å². The van der Waals surface area contributed by atoms with Gasteiger partial charge in [-0.2, -0.15) is 0 Å². The largest absolute Gasteiger partial charge is 0.381 e. The molecular formula is C17H15N3S. The van der Waals surface area contributed by atoms with Crippen molar-refractivity contribution in [1.82, 2.24) is 9.97 Å². The van der Waals surface area contributed by atoms with Crippen molar-refractivity contribution in [2.24, 2.45) is 0 Å². The molecule has 3 nitrogen and oxygen atoms in total. The van der Waals surface area contributed by atoms with Gasteiger partial charge in [-0.05, 0) is 42.8 Å². The number of anilines is 1. The Morgan fingerprint density at radius 2 is 2.14 bits per heavy atom. The quantitative estimate of drug-likeness (QED) is 0.575. The molecule has 0 atom stereocenters. The summed E-state index contributed by atoms with van der Waals surface area (Å²) < 4.78 is 1.23. The van der Waals surface area contributed by atoms with Gasteiger partial charge < -0.3 is 10.3 Å². The molecule has 0 spiro atoms. The smallest absolute Gasteiger partial charge is 0.0907 e. The summed E-state index contributed by atoms with van der Waals surface area (Å²) in [5.41, 5.74) is 4.70. The number of aromatic amines is 1. The lowest BCUT2D eigenvalue weighted by molar-refractivity contribution is 1.17. The van der Waals surface area contributed by atoms with E-state index in [2.05, 4.69) is 57.7 Å². The second kappa shape index (κ2) is 4.90. The zero-order valence-electron chi connectivity index (χ0n) is 11.7. The minimum absolute atomic E-state index is 0.818. The molecule has 4 aromatic rings. The van der Waals surface area contributed by atoms with E-state index >= 15 is 0 Å². The summed E-state index contributed by atoms with van der Waals surface area (Å²) in [5.74, 6) is 0. The molecule has 2 heterocycles. The Kier molecular flexibility index (Phi) is 2.89. The summed E-state index contributed by atoms with van der Waals surface area (Å²) in [5, 5.41) is 5.90. The molecule has 0 saturated heterocycles. The van der Waals surface area contributed by atoms with Crippen molar-refractivity contribution in [2.75, 3.05) is 5.32 Å². The van der Waals surface area contributed by atoms with Gasteiger partial charge in [0.05, 0.1) is 15.2 Å². The fraction of sp³-hybridized carbons (Fsp3) is 0.118. The van der Waals surface area contributed by atoms with Crippen LogP contribution in [0.2, 0.25) is 0 Å². The normalized spacial score (nSPS) is 11.3. The topological polar surface area (TPSA) is 40.7 Å². The number of thiazole rings is 1. The van der Waals surface area contributed by atoms with Crippen molar-refractivity contribution in [3.05, 3.63) is 59.2 Å². The fourth-order valence-corrected chi connectivity index (χ4v) is 3.52. The van der Waals surface area contributed by atoms with Gasteiger partial charge in [0.25, 0.3) is 0 Å². The van der Waals surface area contributed by atoms with Gasteiger partial charge in [0.2, 0.25) is 0 Å². The minimum Gasteiger partial charge on any atom is -0.381 e. The van der Waals surface area contributed by atoms with Crippen LogP contribution in [0.3, 0.4) is 0 Å². The molecule has 0 saturated carbocycles. The van der Waals surface area contributed by atoms with Crippen LogP contribution in [0.15, 0.2) is 48.7 Å². The molecule has 104 valence electrons. The number of fused-ring (bicyclic) bond motifs is 2. The van der Waals surface area contributed by atoms with Crippen LogP contribution in [0.5, 0.6) is 0 Å². The van der Waals surface area contributed by atoms with Crippen LogP contribution >= 0.6 is 11.3 Å². The second-order valence-corrected chi connectivity index (χ2v) is 6.36. The summed E-state index contributed by atoms with van der Waals surface area (Å²) in [6.45, 7) is 2.86. The Morgan fingerprint density at radius 1 is 1.19 bits per heavy atom. The Hall–Kier alpha value is -2.33. The van der Waals surface area contributed by atoms with Gasteiger partial charge in [-0.15, -0.1) is 11.3 Å². The molecule has 0 fully saturated rings. The van der Waals surface area contributed by atoms with Crippen molar-refractivity contribution in [1.29, 1.82) is 0 Å². The van der Waals surface area contributed by atoms with Gasteiger partial charge in [-0.1, -0.05) is 12.1 Å². The zero-order valence-corrected chi connectivity index (χ0v) is 12.5. The van der Waals surface area contributed by atoms with Gasteiger partial charge in [0, 0.05) is 29.3 Å². The van der Waals surface area contributed by atoms with Crippen LogP contribution in [-0.4, -0.2) is 9.97 Å². The van der Waals surface area contributed by atoms with E-state index in [4.69, 9.17) is 0 Å². The Bertz CT molecular complexity index is 920. The number of aryl methyl sites for hydroxylation is 1. The molecule has 0 radical (unpaired) electrons. The molecule has 2 N–H and O–H groups in total. The van der Waals surface area contributed by atoms with Gasteiger partial charge >= 0.3 is 0 Å². The number of H-pyrrole nitrogens is 1. The van der Waals surface area contributed by atoms with Gasteiger partial charge in [-0.3, -0.25) is 0 Å². The maximum absolute atomic E-state index is 4.49. The van der Waals surface area contributed by atoms with Crippen molar-refractivity contribution < 1.29 is 0 Å². The monoisotopic (exact) mass is 293 g/mol. The summed E-state index contributed by atoms with van der Waals surface area (Å²) >= 11 is 1.74. The van der Waals surface area contributed by atoms with Gasteiger partial charge in [-0.25, -0.2) is 4.98 Å². The average molecular weight is 293 g/mol. The molecule has 0 aliphatic carbocycles. The molecule has 0 unspecified atom stereocenters. The van der Waals surface area contributed by atoms with E-state index in [1.807, 2.05) is 13.1 Å². The number of rotatable bonds is 3. The van der Waals surface area contributed by atoms with Gasteiger partial charge in [0.1, 0.15) is 0 Å². The third kappa shape index (κ3) is 2.28. The van der Waals surface area contributed by atoms with Crippen LogP contribution in [0, 0.1) is 6.92 Å². The average Bonchev–Trinajstić information content (AvgIpc) is 3.09. The Balaban J connectivity index is 1.61. The van der Waals surface area contributed by atoms with E-state index in [1.54, 1.807) is 11.3 Å². The first kappa shape index (κ1) is 12.4.